The Morgan fingerprint density at radius 1 is 1.54 bits per heavy atom. The van der Waals surface area contributed by atoms with Crippen LogP contribution in [0.5, 0.6) is 0 Å². The molecule has 0 aromatic heterocycles. The molecule has 13 heavy (non-hydrogen) atoms. The van der Waals surface area contributed by atoms with E-state index in [0.717, 1.165) is 0 Å². The van der Waals surface area contributed by atoms with Crippen LogP contribution in [0.2, 0.25) is 0 Å². The van der Waals surface area contributed by atoms with Gasteiger partial charge in [0.25, 0.3) is 5.91 Å². The third-order valence-electron chi connectivity index (χ3n) is 1.59. The number of hydrogen-bond acceptors (Lipinski definition) is 1. The molecule has 0 spiro atoms. The molecule has 0 atom stereocenters. The molecule has 0 aliphatic rings. The zero-order chi connectivity index (χ0) is 9.68. The van der Waals surface area contributed by atoms with Crippen molar-refractivity contribution in [2.75, 3.05) is 6.54 Å². The Morgan fingerprint density at radius 3 is 2.85 bits per heavy atom. The van der Waals surface area contributed by atoms with Crippen molar-refractivity contribution < 1.29 is 4.79 Å². The number of hydrogen-bond donors (Lipinski definition) is 1. The van der Waals surface area contributed by atoms with Crippen LogP contribution >= 0.6 is 0 Å². The van der Waals surface area contributed by atoms with Crippen LogP contribution in [-0.2, 0) is 0 Å². The molecule has 0 bridgehead atoms. The first-order valence-corrected chi connectivity index (χ1v) is 4.36. The van der Waals surface area contributed by atoms with Crippen LogP contribution in [0.3, 0.4) is 0 Å². The third-order valence-corrected chi connectivity index (χ3v) is 1.59. The lowest BCUT2D eigenvalue weighted by molar-refractivity contribution is 0.0949. The smallest absolute Gasteiger partial charge is 0.251 e. The maximum atomic E-state index is 11.4. The second-order valence-corrected chi connectivity index (χ2v) is 3.33. The van der Waals surface area contributed by atoms with Gasteiger partial charge in [0, 0.05) is 12.1 Å². The van der Waals surface area contributed by atoms with Crippen molar-refractivity contribution in [2.24, 2.45) is 5.92 Å². The Hall–Kier alpha value is -1.31. The molecule has 1 aromatic carbocycles. The summed E-state index contributed by atoms with van der Waals surface area (Å²) in [6, 6.07) is 10.5. The van der Waals surface area contributed by atoms with Gasteiger partial charge in [0.05, 0.1) is 0 Å². The van der Waals surface area contributed by atoms with Gasteiger partial charge in [0.1, 0.15) is 0 Å². The monoisotopic (exact) mass is 175 g/mol. The van der Waals surface area contributed by atoms with Crippen molar-refractivity contribution in [2.45, 2.75) is 13.8 Å². The molecule has 0 saturated carbocycles. The Balaban J connectivity index is 2.50. The quantitative estimate of drug-likeness (QED) is 0.744. The number of nitrogens with one attached hydrogen (secondary N) is 1. The zero-order valence-electron chi connectivity index (χ0n) is 7.92. The number of benzene rings is 1. The van der Waals surface area contributed by atoms with Gasteiger partial charge in [0.15, 0.2) is 0 Å². The number of carbonyl (C=O) groups is 1. The van der Waals surface area contributed by atoms with Crippen molar-refractivity contribution in [3.63, 3.8) is 0 Å². The first-order valence-electron chi connectivity index (χ1n) is 4.36. The molecule has 0 aliphatic heterocycles. The van der Waals surface area contributed by atoms with E-state index < -0.39 is 0 Å². The molecule has 2 nitrogen and oxygen atoms in total. The minimum Gasteiger partial charge on any atom is -0.352 e. The van der Waals surface area contributed by atoms with Gasteiger partial charge < -0.3 is 5.32 Å². The number of amides is 1. The largest absolute Gasteiger partial charge is 0.352 e. The Labute approximate surface area is 79.0 Å². The Kier molecular flexibility index (Phi) is 3.50. The van der Waals surface area contributed by atoms with E-state index in [1.807, 2.05) is 0 Å². The molecule has 0 aliphatic carbocycles. The molecular formula is C11H13NO. The second kappa shape index (κ2) is 4.65. The topological polar surface area (TPSA) is 29.1 Å². The molecule has 0 unspecified atom stereocenters. The van der Waals surface area contributed by atoms with Crippen molar-refractivity contribution >= 4 is 5.91 Å². The molecule has 0 heterocycles. The van der Waals surface area contributed by atoms with Crippen molar-refractivity contribution in [3.05, 3.63) is 35.9 Å². The van der Waals surface area contributed by atoms with Gasteiger partial charge in [-0.25, -0.2) is 0 Å². The van der Waals surface area contributed by atoms with Crippen LogP contribution in [0.25, 0.3) is 0 Å². The van der Waals surface area contributed by atoms with Crippen LogP contribution in [-0.4, -0.2) is 12.5 Å². The molecule has 1 N–H and O–H groups in total. The van der Waals surface area contributed by atoms with Gasteiger partial charge >= 0.3 is 0 Å². The lowest BCUT2D eigenvalue weighted by Gasteiger charge is -2.06. The number of rotatable bonds is 3. The summed E-state index contributed by atoms with van der Waals surface area (Å²) in [6.45, 7) is 4.83. The van der Waals surface area contributed by atoms with E-state index in [2.05, 4.69) is 31.3 Å². The van der Waals surface area contributed by atoms with Crippen LogP contribution in [0.1, 0.15) is 24.2 Å². The summed E-state index contributed by atoms with van der Waals surface area (Å²) in [5, 5.41) is 2.83. The van der Waals surface area contributed by atoms with Gasteiger partial charge in [-0.05, 0) is 30.2 Å². The average Bonchev–Trinajstić information content (AvgIpc) is 2.15. The lowest BCUT2D eigenvalue weighted by Crippen LogP contribution is -2.27. The van der Waals surface area contributed by atoms with E-state index >= 15 is 0 Å². The highest BCUT2D eigenvalue weighted by Gasteiger charge is 2.03. The Bertz CT molecular complexity index is 267. The minimum atomic E-state index is -0.0426. The maximum absolute atomic E-state index is 11.4. The van der Waals surface area contributed by atoms with Gasteiger partial charge in [-0.15, -0.1) is 0 Å². The highest BCUT2D eigenvalue weighted by molar-refractivity contribution is 5.93. The fourth-order valence-electron chi connectivity index (χ4n) is 0.887. The van der Waals surface area contributed by atoms with Crippen LogP contribution in [0.4, 0.5) is 0 Å². The summed E-state index contributed by atoms with van der Waals surface area (Å²) < 4.78 is 0. The van der Waals surface area contributed by atoms with Crippen molar-refractivity contribution in [1.82, 2.24) is 5.32 Å². The summed E-state index contributed by atoms with van der Waals surface area (Å²) in [7, 11) is 0. The average molecular weight is 175 g/mol. The molecule has 2 heteroatoms. The van der Waals surface area contributed by atoms with Gasteiger partial charge in [-0.3, -0.25) is 4.79 Å². The van der Waals surface area contributed by atoms with E-state index in [4.69, 9.17) is 0 Å². The minimum absolute atomic E-state index is 0.0426. The summed E-state index contributed by atoms with van der Waals surface area (Å²) >= 11 is 0. The van der Waals surface area contributed by atoms with Gasteiger partial charge in [-0.1, -0.05) is 19.9 Å². The fourth-order valence-corrected chi connectivity index (χ4v) is 0.887. The molecular weight excluding hydrogens is 162 g/mol. The molecule has 1 rings (SSSR count). The molecule has 68 valence electrons. The van der Waals surface area contributed by atoms with Crippen LogP contribution in [0.15, 0.2) is 18.2 Å². The standard InChI is InChI=1S/C11H13NO/c1-9(2)8-12-11(13)10-6-4-3-5-7-10/h4,6-7,9H,8H2,1-2H3,(H,12,13). The van der Waals surface area contributed by atoms with E-state index in [1.165, 1.54) is 0 Å². The highest BCUT2D eigenvalue weighted by Crippen LogP contribution is 1.97. The SMILES string of the molecule is CC(C)CNC(=O)c1c[c][c]cc1. The van der Waals surface area contributed by atoms with Crippen molar-refractivity contribution in [3.8, 4) is 0 Å². The van der Waals surface area contributed by atoms with E-state index in [9.17, 15) is 4.79 Å². The zero-order valence-corrected chi connectivity index (χ0v) is 7.92. The van der Waals surface area contributed by atoms with Gasteiger partial charge in [0.2, 0.25) is 0 Å². The molecule has 2 radical (unpaired) electrons. The van der Waals surface area contributed by atoms with E-state index in [1.54, 1.807) is 18.2 Å². The molecule has 1 aromatic rings. The van der Waals surface area contributed by atoms with E-state index in [0.29, 0.717) is 18.0 Å². The Morgan fingerprint density at radius 2 is 2.31 bits per heavy atom. The first kappa shape index (κ1) is 9.78. The summed E-state index contributed by atoms with van der Waals surface area (Å²) in [5.74, 6) is 0.433. The second-order valence-electron chi connectivity index (χ2n) is 3.33. The number of carbonyl (C=O) groups excluding carboxylic acids is 1. The first-order chi connectivity index (χ1) is 6.20. The molecule has 1 amide bonds. The predicted octanol–water partition coefficient (Wildman–Crippen LogP) is 1.67. The van der Waals surface area contributed by atoms with Crippen LogP contribution in [0, 0.1) is 18.1 Å². The normalized spacial score (nSPS) is 10.1. The van der Waals surface area contributed by atoms with Gasteiger partial charge in [-0.2, -0.15) is 0 Å². The van der Waals surface area contributed by atoms with Crippen molar-refractivity contribution in [1.29, 1.82) is 0 Å². The lowest BCUT2D eigenvalue weighted by atomic mass is 10.2. The summed E-state index contributed by atoms with van der Waals surface area (Å²) in [6.07, 6.45) is 0. The third kappa shape index (κ3) is 3.28. The maximum Gasteiger partial charge on any atom is 0.251 e. The molecule has 0 saturated heterocycles. The fraction of sp³-hybridized carbons (Fsp3) is 0.364. The highest BCUT2D eigenvalue weighted by atomic mass is 16.1. The van der Waals surface area contributed by atoms with Crippen LogP contribution < -0.4 is 5.32 Å². The summed E-state index contributed by atoms with van der Waals surface area (Å²) in [4.78, 5) is 11.4. The molecule has 0 fully saturated rings. The van der Waals surface area contributed by atoms with E-state index in [-0.39, 0.29) is 5.91 Å². The predicted molar refractivity (Wildman–Crippen MR) is 51.3 cm³/mol. The summed E-state index contributed by atoms with van der Waals surface area (Å²) in [5.41, 5.74) is 0.638.